The van der Waals surface area contributed by atoms with E-state index in [2.05, 4.69) is 9.88 Å². The first-order chi connectivity index (χ1) is 13.0. The van der Waals surface area contributed by atoms with Crippen molar-refractivity contribution in [3.63, 3.8) is 0 Å². The number of benzene rings is 2. The van der Waals surface area contributed by atoms with Gasteiger partial charge in [0.2, 0.25) is 6.79 Å². The van der Waals surface area contributed by atoms with E-state index in [0.717, 1.165) is 40.4 Å². The lowest BCUT2D eigenvalue weighted by Gasteiger charge is -2.16. The molecule has 0 bridgehead atoms. The highest BCUT2D eigenvalue weighted by atomic mass is 19.4. The summed E-state index contributed by atoms with van der Waals surface area (Å²) in [5, 5.41) is 2.13. The van der Waals surface area contributed by atoms with Gasteiger partial charge in [-0.1, -0.05) is 12.1 Å². The number of halogens is 3. The van der Waals surface area contributed by atoms with Crippen molar-refractivity contribution in [2.24, 2.45) is 0 Å². The molecule has 0 radical (unpaired) electrons. The first-order valence-corrected chi connectivity index (χ1v) is 8.61. The maximum Gasteiger partial charge on any atom is 0.416 e. The number of nitrogens with zero attached hydrogens (tertiary/aromatic N) is 1. The molecule has 1 aromatic heterocycles. The fraction of sp³-hybridized carbons (Fsp3) is 0.200. The van der Waals surface area contributed by atoms with E-state index < -0.39 is 11.7 Å². The zero-order valence-electron chi connectivity index (χ0n) is 14.2. The largest absolute Gasteiger partial charge is 0.454 e. The maximum atomic E-state index is 12.9. The van der Waals surface area contributed by atoms with E-state index >= 15 is 0 Å². The molecule has 0 amide bonds. The molecule has 0 saturated heterocycles. The van der Waals surface area contributed by atoms with Gasteiger partial charge in [-0.3, -0.25) is 0 Å². The Bertz CT molecular complexity index is 1010. The Morgan fingerprint density at radius 2 is 1.74 bits per heavy atom. The van der Waals surface area contributed by atoms with Crippen LogP contribution >= 0.6 is 0 Å². The van der Waals surface area contributed by atoms with Crippen LogP contribution in [0.25, 0.3) is 5.69 Å². The van der Waals surface area contributed by atoms with Gasteiger partial charge in [-0.15, -0.1) is 0 Å². The minimum atomic E-state index is -4.33. The number of ether oxygens (including phenoxy) is 2. The number of fused-ring (bicyclic) bond motifs is 4. The van der Waals surface area contributed by atoms with Gasteiger partial charge in [-0.2, -0.15) is 13.2 Å². The third-order valence-electron chi connectivity index (χ3n) is 5.10. The lowest BCUT2D eigenvalue weighted by Crippen LogP contribution is -2.83. The summed E-state index contributed by atoms with van der Waals surface area (Å²) in [5.41, 5.74) is 3.29. The van der Waals surface area contributed by atoms with E-state index in [1.165, 1.54) is 0 Å². The number of rotatable bonds is 1. The summed E-state index contributed by atoms with van der Waals surface area (Å²) in [4.78, 5) is 0. The molecule has 0 fully saturated rings. The van der Waals surface area contributed by atoms with Crippen LogP contribution in [0.4, 0.5) is 13.2 Å². The molecule has 0 unspecified atom stereocenters. The van der Waals surface area contributed by atoms with Gasteiger partial charge in [0.05, 0.1) is 16.9 Å². The topological polar surface area (TPSA) is 40.0 Å². The summed E-state index contributed by atoms with van der Waals surface area (Å²) in [6, 6.07) is 13.2. The van der Waals surface area contributed by atoms with E-state index in [4.69, 9.17) is 9.47 Å². The molecule has 3 aromatic rings. The minimum absolute atomic E-state index is 0.105. The molecule has 27 heavy (non-hydrogen) atoms. The van der Waals surface area contributed by atoms with E-state index in [9.17, 15) is 13.2 Å². The fourth-order valence-corrected chi connectivity index (χ4v) is 3.78. The van der Waals surface area contributed by atoms with Crippen molar-refractivity contribution in [1.82, 2.24) is 4.57 Å². The average Bonchev–Trinajstić information content (AvgIpc) is 3.27. The van der Waals surface area contributed by atoms with Gasteiger partial charge in [0.1, 0.15) is 6.54 Å². The number of hydrogen-bond acceptors (Lipinski definition) is 2. The summed E-state index contributed by atoms with van der Waals surface area (Å²) in [6.07, 6.45) is -2.37. The Hall–Kier alpha value is -2.93. The lowest BCUT2D eigenvalue weighted by molar-refractivity contribution is -0.702. The van der Waals surface area contributed by atoms with Crippen LogP contribution in [0.5, 0.6) is 11.5 Å². The smallest absolute Gasteiger partial charge is 0.416 e. The number of aromatic nitrogens is 1. The van der Waals surface area contributed by atoms with Crippen molar-refractivity contribution >= 4 is 0 Å². The molecule has 0 saturated carbocycles. The average molecular weight is 373 g/mol. The summed E-state index contributed by atoms with van der Waals surface area (Å²) in [7, 11) is 0. The van der Waals surface area contributed by atoms with Gasteiger partial charge >= 0.3 is 6.18 Å². The van der Waals surface area contributed by atoms with Gasteiger partial charge < -0.3 is 19.4 Å². The number of nitrogens with two attached hydrogens (primary N) is 1. The van der Waals surface area contributed by atoms with Crippen molar-refractivity contribution in [3.05, 3.63) is 77.1 Å². The molecule has 1 atom stereocenters. The van der Waals surface area contributed by atoms with Gasteiger partial charge in [0.15, 0.2) is 17.5 Å². The highest BCUT2D eigenvalue weighted by molar-refractivity contribution is 5.56. The molecule has 7 heteroatoms. The van der Waals surface area contributed by atoms with Crippen molar-refractivity contribution in [2.75, 3.05) is 6.79 Å². The predicted molar refractivity (Wildman–Crippen MR) is 90.8 cm³/mol. The predicted octanol–water partition coefficient (Wildman–Crippen LogP) is 3.39. The van der Waals surface area contributed by atoms with Crippen LogP contribution in [-0.4, -0.2) is 11.4 Å². The van der Waals surface area contributed by atoms with Crippen molar-refractivity contribution < 1.29 is 28.0 Å². The van der Waals surface area contributed by atoms with Crippen LogP contribution in [-0.2, 0) is 12.7 Å². The van der Waals surface area contributed by atoms with Crippen LogP contribution < -0.4 is 14.8 Å². The molecule has 3 heterocycles. The molecule has 0 spiro atoms. The number of quaternary nitrogens is 1. The van der Waals surface area contributed by atoms with Crippen LogP contribution in [0.1, 0.15) is 28.4 Å². The van der Waals surface area contributed by atoms with Crippen LogP contribution in [0.3, 0.4) is 0 Å². The summed E-state index contributed by atoms with van der Waals surface area (Å²) in [5.74, 6) is 1.44. The van der Waals surface area contributed by atoms with E-state index in [1.807, 2.05) is 30.5 Å². The van der Waals surface area contributed by atoms with E-state index in [0.29, 0.717) is 12.3 Å². The van der Waals surface area contributed by atoms with Crippen LogP contribution in [0, 0.1) is 0 Å². The third kappa shape index (κ3) is 2.66. The molecular weight excluding hydrogens is 357 g/mol. The van der Waals surface area contributed by atoms with Gasteiger partial charge in [-0.05, 0) is 30.3 Å². The first-order valence-electron chi connectivity index (χ1n) is 8.61. The Kier molecular flexibility index (Phi) is 3.48. The van der Waals surface area contributed by atoms with Gasteiger partial charge in [0, 0.05) is 23.4 Å². The van der Waals surface area contributed by atoms with Gasteiger partial charge in [0.25, 0.3) is 0 Å². The third-order valence-corrected chi connectivity index (χ3v) is 5.10. The zero-order chi connectivity index (χ0) is 18.6. The lowest BCUT2D eigenvalue weighted by atomic mass is 10.0. The number of hydrogen-bond donors (Lipinski definition) is 1. The van der Waals surface area contributed by atoms with Gasteiger partial charge in [-0.25, -0.2) is 0 Å². The second-order valence-electron chi connectivity index (χ2n) is 6.67. The molecule has 0 aliphatic carbocycles. The van der Waals surface area contributed by atoms with Crippen molar-refractivity contribution in [3.8, 4) is 17.2 Å². The SMILES string of the molecule is FC(F)(F)c1ccc([C@@H]2[NH2+]Cc3cc4c(cc3-n3cccc32)OCO4)cc1. The zero-order valence-corrected chi connectivity index (χ0v) is 14.2. The van der Waals surface area contributed by atoms with E-state index in [1.54, 1.807) is 12.1 Å². The molecule has 138 valence electrons. The molecule has 2 aliphatic heterocycles. The van der Waals surface area contributed by atoms with Crippen LogP contribution in [0.2, 0.25) is 0 Å². The van der Waals surface area contributed by atoms with Crippen LogP contribution in [0.15, 0.2) is 54.7 Å². The second-order valence-corrected chi connectivity index (χ2v) is 6.67. The highest BCUT2D eigenvalue weighted by Gasteiger charge is 2.32. The molecule has 2 aliphatic rings. The summed E-state index contributed by atoms with van der Waals surface area (Å²) in [6.45, 7) is 0.897. The number of alkyl halides is 3. The molecule has 2 aromatic carbocycles. The highest BCUT2D eigenvalue weighted by Crippen LogP contribution is 2.38. The van der Waals surface area contributed by atoms with Crippen molar-refractivity contribution in [1.29, 1.82) is 0 Å². The second kappa shape index (κ2) is 5.79. The maximum absolute atomic E-state index is 12.9. The van der Waals surface area contributed by atoms with E-state index in [-0.39, 0.29) is 12.8 Å². The Morgan fingerprint density at radius 1 is 1.00 bits per heavy atom. The monoisotopic (exact) mass is 373 g/mol. The Balaban J connectivity index is 1.57. The molecule has 5 rings (SSSR count). The normalized spacial score (nSPS) is 18.0. The molecular formula is C20H16F3N2O2+. The summed E-state index contributed by atoms with van der Waals surface area (Å²) < 4.78 is 51.7. The molecule has 4 nitrogen and oxygen atoms in total. The minimum Gasteiger partial charge on any atom is -0.454 e. The first kappa shape index (κ1) is 16.3. The Labute approximate surface area is 153 Å². The fourth-order valence-electron chi connectivity index (χ4n) is 3.78. The standard InChI is InChI=1S/C20H15F3N2O2/c21-20(22,23)14-5-3-12(4-6-14)19-15-2-1-7-25(15)16-9-18-17(26-11-27-18)8-13(16)10-24-19/h1-9,19,24H,10-11H2/p+1/t19-/m0/s1. The van der Waals surface area contributed by atoms with Crippen molar-refractivity contribution in [2.45, 2.75) is 18.8 Å². The quantitative estimate of drug-likeness (QED) is 0.710. The Morgan fingerprint density at radius 3 is 2.48 bits per heavy atom. The summed E-state index contributed by atoms with van der Waals surface area (Å²) >= 11 is 0. The molecule has 2 N–H and O–H groups in total.